The van der Waals surface area contributed by atoms with Crippen molar-refractivity contribution in [3.63, 3.8) is 0 Å². The molecule has 3 aromatic heterocycles. The Morgan fingerprint density at radius 2 is 1.19 bits per heavy atom. The second-order valence-electron chi connectivity index (χ2n) is 16.5. The molecule has 0 saturated carbocycles. The molecule has 62 heavy (non-hydrogen) atoms. The number of furan rings is 1. The monoisotopic (exact) mass is 811 g/mol. The molecule has 5 heteroatoms. The lowest BCUT2D eigenvalue weighted by atomic mass is 9.90. The molecule has 9 aromatic carbocycles. The number of amidine groups is 1. The highest BCUT2D eigenvalue weighted by molar-refractivity contribution is 7.26. The predicted molar refractivity (Wildman–Crippen MR) is 264 cm³/mol. The molecule has 12 aromatic rings. The zero-order chi connectivity index (χ0) is 40.9. The van der Waals surface area contributed by atoms with Crippen LogP contribution in [-0.4, -0.2) is 16.1 Å². The largest absolute Gasteiger partial charge is 0.456 e. The number of thiophene rings is 1. The number of hydrogen-bond acceptors (Lipinski definition) is 4. The van der Waals surface area contributed by atoms with Crippen LogP contribution in [0.3, 0.4) is 0 Å². The first-order valence-electron chi connectivity index (χ1n) is 21.3. The van der Waals surface area contributed by atoms with Gasteiger partial charge >= 0.3 is 0 Å². The molecule has 4 heterocycles. The lowest BCUT2D eigenvalue weighted by molar-refractivity contribution is 0.668. The van der Waals surface area contributed by atoms with Crippen molar-refractivity contribution in [2.24, 2.45) is 15.9 Å². The Bertz CT molecular complexity index is 3930. The first-order valence-corrected chi connectivity index (χ1v) is 22.1. The van der Waals surface area contributed by atoms with E-state index in [0.717, 1.165) is 73.2 Å². The van der Waals surface area contributed by atoms with E-state index < -0.39 is 0 Å². The third-order valence-corrected chi connectivity index (χ3v) is 14.1. The smallest absolute Gasteiger partial charge is 0.161 e. The quantitative estimate of drug-likeness (QED) is 0.175. The van der Waals surface area contributed by atoms with Crippen molar-refractivity contribution in [2.45, 2.75) is 13.3 Å². The fourth-order valence-corrected chi connectivity index (χ4v) is 11.1. The Balaban J connectivity index is 1.12. The summed E-state index contributed by atoms with van der Waals surface area (Å²) >= 11 is 1.81. The van der Waals surface area contributed by atoms with Gasteiger partial charge < -0.3 is 8.98 Å². The van der Waals surface area contributed by atoms with Gasteiger partial charge in [-0.2, -0.15) is 0 Å². The van der Waals surface area contributed by atoms with E-state index in [4.69, 9.17) is 14.4 Å². The van der Waals surface area contributed by atoms with Crippen molar-refractivity contribution in [1.29, 1.82) is 0 Å². The van der Waals surface area contributed by atoms with Crippen LogP contribution in [0.4, 0.5) is 0 Å². The number of hydrogen-bond donors (Lipinski definition) is 0. The molecule has 1 aliphatic heterocycles. The van der Waals surface area contributed by atoms with E-state index in [-0.39, 0.29) is 5.92 Å². The summed E-state index contributed by atoms with van der Waals surface area (Å²) in [6, 6.07) is 65.4. The minimum atomic E-state index is 0.0290. The van der Waals surface area contributed by atoms with Crippen LogP contribution in [0.25, 0.3) is 96.8 Å². The molecule has 1 atom stereocenters. The molecular weight excluding hydrogens is 775 g/mol. The predicted octanol–water partition coefficient (Wildman–Crippen LogP) is 15.7. The average Bonchev–Trinajstić information content (AvgIpc) is 3.99. The lowest BCUT2D eigenvalue weighted by Crippen LogP contribution is -2.18. The summed E-state index contributed by atoms with van der Waals surface area (Å²) in [5, 5.41) is 11.9. The van der Waals surface area contributed by atoms with Crippen molar-refractivity contribution in [3.05, 3.63) is 205 Å². The van der Waals surface area contributed by atoms with E-state index in [1.54, 1.807) is 0 Å². The van der Waals surface area contributed by atoms with Gasteiger partial charge in [-0.15, -0.1) is 11.3 Å². The van der Waals surface area contributed by atoms with Gasteiger partial charge in [0, 0.05) is 70.4 Å². The Labute approximate surface area is 361 Å². The van der Waals surface area contributed by atoms with Gasteiger partial charge in [0.15, 0.2) is 5.84 Å². The first-order chi connectivity index (χ1) is 30.6. The van der Waals surface area contributed by atoms with E-state index in [9.17, 15) is 0 Å². The normalized spacial score (nSPS) is 15.8. The first kappa shape index (κ1) is 35.2. The molecule has 13 rings (SSSR count). The van der Waals surface area contributed by atoms with E-state index in [1.807, 2.05) is 11.3 Å². The minimum absolute atomic E-state index is 0.0290. The molecule has 0 spiro atoms. The number of allylic oxidation sites excluding steroid dienone is 1. The summed E-state index contributed by atoms with van der Waals surface area (Å²) in [7, 11) is 0. The van der Waals surface area contributed by atoms with E-state index in [2.05, 4.69) is 200 Å². The van der Waals surface area contributed by atoms with Crippen molar-refractivity contribution in [1.82, 2.24) is 4.57 Å². The maximum absolute atomic E-state index is 6.82. The van der Waals surface area contributed by atoms with Crippen molar-refractivity contribution in [3.8, 4) is 5.69 Å². The number of fused-ring (bicyclic) bond motifs is 11. The maximum atomic E-state index is 6.82. The van der Waals surface area contributed by atoms with E-state index >= 15 is 0 Å². The Hall–Kier alpha value is -7.60. The van der Waals surface area contributed by atoms with Crippen LogP contribution in [0.15, 0.2) is 202 Å². The molecule has 0 aliphatic carbocycles. The molecule has 0 N–H and O–H groups in total. The SMILES string of the molecule is CC1C/C=C(\c2cccc3ccccc23)N=C(c2cccc3c2sc2ccccc23)N=C1c1cc(-n2c3ccccc3c3cc4ccccc4cc32)cc2oc3ccccc3c12. The maximum Gasteiger partial charge on any atom is 0.161 e. The molecule has 1 aliphatic rings. The number of benzene rings is 9. The summed E-state index contributed by atoms with van der Waals surface area (Å²) in [6.45, 7) is 2.31. The molecule has 4 nitrogen and oxygen atoms in total. The van der Waals surface area contributed by atoms with Crippen LogP contribution in [0, 0.1) is 5.92 Å². The number of aromatic nitrogens is 1. The molecule has 292 valence electrons. The highest BCUT2D eigenvalue weighted by Crippen LogP contribution is 2.42. The summed E-state index contributed by atoms with van der Waals surface area (Å²) in [6.07, 6.45) is 3.09. The molecular formula is C57H37N3OS. The van der Waals surface area contributed by atoms with Gasteiger partial charge in [-0.05, 0) is 70.4 Å². The molecule has 1 unspecified atom stereocenters. The molecule has 0 bridgehead atoms. The van der Waals surface area contributed by atoms with Crippen molar-refractivity contribution >= 4 is 114 Å². The van der Waals surface area contributed by atoms with Gasteiger partial charge in [0.25, 0.3) is 0 Å². The Kier molecular flexibility index (Phi) is 7.78. The number of aliphatic imine (C=N–C) groups is 2. The molecule has 0 radical (unpaired) electrons. The van der Waals surface area contributed by atoms with Crippen molar-refractivity contribution in [2.75, 3.05) is 0 Å². The molecule has 0 saturated heterocycles. The molecule has 0 fully saturated rings. The van der Waals surface area contributed by atoms with E-state index in [0.29, 0.717) is 5.84 Å². The number of nitrogens with zero attached hydrogens (tertiary/aromatic N) is 3. The number of para-hydroxylation sites is 2. The second kappa shape index (κ2) is 13.7. The van der Waals surface area contributed by atoms with Crippen LogP contribution in [0.2, 0.25) is 0 Å². The average molecular weight is 812 g/mol. The van der Waals surface area contributed by atoms with Crippen LogP contribution in [-0.2, 0) is 0 Å². The van der Waals surface area contributed by atoms with Gasteiger partial charge in [0.2, 0.25) is 0 Å². The third-order valence-electron chi connectivity index (χ3n) is 12.8. The van der Waals surface area contributed by atoms with Crippen LogP contribution in [0.1, 0.15) is 30.0 Å². The van der Waals surface area contributed by atoms with Crippen molar-refractivity contribution < 1.29 is 4.42 Å². The summed E-state index contributed by atoms with van der Waals surface area (Å²) in [4.78, 5) is 11.5. The molecule has 0 amide bonds. The summed E-state index contributed by atoms with van der Waals surface area (Å²) in [5.41, 5.74) is 10.1. The summed E-state index contributed by atoms with van der Waals surface area (Å²) in [5.74, 6) is 0.735. The Morgan fingerprint density at radius 3 is 2.08 bits per heavy atom. The topological polar surface area (TPSA) is 42.8 Å². The zero-order valence-corrected chi connectivity index (χ0v) is 34.7. The van der Waals surface area contributed by atoms with Crippen LogP contribution in [0.5, 0.6) is 0 Å². The van der Waals surface area contributed by atoms with Crippen LogP contribution < -0.4 is 0 Å². The number of rotatable bonds is 4. The van der Waals surface area contributed by atoms with Gasteiger partial charge in [-0.1, -0.05) is 146 Å². The fourth-order valence-electron chi connectivity index (χ4n) is 9.90. The van der Waals surface area contributed by atoms with E-state index in [1.165, 1.54) is 52.5 Å². The third kappa shape index (κ3) is 5.38. The minimum Gasteiger partial charge on any atom is -0.456 e. The Morgan fingerprint density at radius 1 is 0.516 bits per heavy atom. The highest BCUT2D eigenvalue weighted by Gasteiger charge is 2.26. The lowest BCUT2D eigenvalue weighted by Gasteiger charge is -2.21. The van der Waals surface area contributed by atoms with Gasteiger partial charge in [-0.3, -0.25) is 0 Å². The standard InChI is InChI=1S/C57H37N3OS/c1-34-28-29-48(40-22-12-17-35-14-4-5-18-39(35)40)58-57(45-24-13-23-43-42-20-8-11-27-53(42)62-56(43)45)59-55(34)47-32-38(33-52-54(47)44-21-7-10-26-51(44)61-52)60-49-25-9-6-19-41(49)46-30-36-15-2-3-16-37(36)31-50(46)60/h2-27,29-34H,28H2,1H3/b48-29+,58-57?,59-55?. The highest BCUT2D eigenvalue weighted by atomic mass is 32.1. The zero-order valence-electron chi connectivity index (χ0n) is 33.8. The summed E-state index contributed by atoms with van der Waals surface area (Å²) < 4.78 is 11.7. The van der Waals surface area contributed by atoms with Crippen LogP contribution >= 0.6 is 11.3 Å². The second-order valence-corrected chi connectivity index (χ2v) is 17.6. The fraction of sp³-hybridized carbons (Fsp3) is 0.0526. The van der Waals surface area contributed by atoms with Gasteiger partial charge in [0.05, 0.1) is 28.1 Å². The van der Waals surface area contributed by atoms with Gasteiger partial charge in [-0.25, -0.2) is 9.98 Å². The van der Waals surface area contributed by atoms with Gasteiger partial charge in [0.1, 0.15) is 11.2 Å².